The molecule has 0 aromatic carbocycles. The summed E-state index contributed by atoms with van der Waals surface area (Å²) in [7, 11) is -1.50. The number of nitrogens with zero attached hydrogens (tertiary/aromatic N) is 2. The Labute approximate surface area is 183 Å². The first-order valence-electron chi connectivity index (χ1n) is 9.28. The van der Waals surface area contributed by atoms with E-state index in [1.54, 1.807) is 20.8 Å². The van der Waals surface area contributed by atoms with Crippen LogP contribution >= 0.6 is 11.3 Å². The number of hydrogen-bond donors (Lipinski definition) is 4. The van der Waals surface area contributed by atoms with E-state index in [0.29, 0.717) is 33.3 Å². The Morgan fingerprint density at radius 1 is 1.35 bits per heavy atom. The van der Waals surface area contributed by atoms with Gasteiger partial charge in [-0.15, -0.1) is 11.3 Å². The lowest BCUT2D eigenvalue weighted by atomic mass is 10.0. The van der Waals surface area contributed by atoms with Gasteiger partial charge in [0.2, 0.25) is 0 Å². The molecule has 2 heterocycles. The zero-order chi connectivity index (χ0) is 23.6. The smallest absolute Gasteiger partial charge is 0.383 e. The maximum Gasteiger partial charge on any atom is 0.433 e. The van der Waals surface area contributed by atoms with Gasteiger partial charge in [-0.05, 0) is 45.1 Å². The van der Waals surface area contributed by atoms with Gasteiger partial charge in [0.15, 0.2) is 0 Å². The molecule has 8 nitrogen and oxygen atoms in total. The first kappa shape index (κ1) is 25.2. The van der Waals surface area contributed by atoms with Crippen molar-refractivity contribution < 1.29 is 27.3 Å². The topological polar surface area (TPSA) is 144 Å². The van der Waals surface area contributed by atoms with Crippen LogP contribution in [-0.4, -0.2) is 25.3 Å². The summed E-state index contributed by atoms with van der Waals surface area (Å²) in [5, 5.41) is 17.5. The molecule has 0 aliphatic heterocycles. The molecule has 6 N–H and O–H groups in total. The Morgan fingerprint density at radius 2 is 2.00 bits per heavy atom. The van der Waals surface area contributed by atoms with Crippen LogP contribution in [0.5, 0.6) is 0 Å². The van der Waals surface area contributed by atoms with Gasteiger partial charge in [0.1, 0.15) is 31.5 Å². The standard InChI is InChI=1S/C12H14F3N3O.C6H10N2O2S2/c1-2-6-9(18-11(16)19)7-4-3-5-8(7)17-10(6)12(13,14)15;1-6(2,9)5-8-3-4(11-5)12(7)10/h2-5H2,1H3,(H3,16,17,18,19);3,9H,7H2,1-2H3. The first-order chi connectivity index (χ1) is 14.3. The molecule has 172 valence electrons. The SMILES string of the molecule is CC(C)(O)c1ncc(S(N)=O)s1.CCc1c(C(F)(F)F)nc2c(c1NC(N)=O)CCC2. The number of aryl methyl sites for hydroxylation is 1. The second-order valence-electron chi connectivity index (χ2n) is 7.27. The lowest BCUT2D eigenvalue weighted by Gasteiger charge is -2.18. The molecule has 1 atom stereocenters. The summed E-state index contributed by atoms with van der Waals surface area (Å²) >= 11 is 1.16. The van der Waals surface area contributed by atoms with Crippen molar-refractivity contribution in [2.75, 3.05) is 5.32 Å². The number of primary amides is 1. The zero-order valence-corrected chi connectivity index (χ0v) is 18.8. The van der Waals surface area contributed by atoms with Gasteiger partial charge < -0.3 is 16.2 Å². The third-order valence-electron chi connectivity index (χ3n) is 4.40. The number of thiazole rings is 1. The Balaban J connectivity index is 0.000000245. The number of aromatic nitrogens is 2. The van der Waals surface area contributed by atoms with Gasteiger partial charge in [-0.1, -0.05) is 6.92 Å². The largest absolute Gasteiger partial charge is 0.433 e. The number of amides is 2. The van der Waals surface area contributed by atoms with Crippen LogP contribution in [0, 0.1) is 0 Å². The number of halogens is 3. The minimum atomic E-state index is -4.53. The number of aliphatic hydroxyl groups is 1. The molecule has 1 unspecified atom stereocenters. The van der Waals surface area contributed by atoms with Crippen LogP contribution in [0.15, 0.2) is 10.4 Å². The summed E-state index contributed by atoms with van der Waals surface area (Å²) in [5.74, 6) is 0. The molecule has 0 fully saturated rings. The van der Waals surface area contributed by atoms with Crippen molar-refractivity contribution in [2.45, 2.75) is 62.4 Å². The fourth-order valence-electron chi connectivity index (χ4n) is 3.11. The van der Waals surface area contributed by atoms with Crippen LogP contribution in [0.2, 0.25) is 0 Å². The average molecular weight is 480 g/mol. The molecule has 1 aliphatic carbocycles. The van der Waals surface area contributed by atoms with E-state index < -0.39 is 34.5 Å². The van der Waals surface area contributed by atoms with Gasteiger partial charge >= 0.3 is 12.2 Å². The van der Waals surface area contributed by atoms with E-state index >= 15 is 0 Å². The molecule has 0 radical (unpaired) electrons. The molecule has 0 saturated carbocycles. The number of nitrogens with two attached hydrogens (primary N) is 2. The number of rotatable bonds is 4. The predicted molar refractivity (Wildman–Crippen MR) is 112 cm³/mol. The molecule has 1 aliphatic rings. The molecule has 2 aromatic rings. The van der Waals surface area contributed by atoms with E-state index in [9.17, 15) is 27.3 Å². The molecule has 2 amide bonds. The van der Waals surface area contributed by atoms with Gasteiger partial charge in [-0.2, -0.15) is 13.2 Å². The first-order valence-corrected chi connectivity index (χ1v) is 11.3. The molecule has 0 bridgehead atoms. The van der Waals surface area contributed by atoms with Crippen LogP contribution in [0.3, 0.4) is 0 Å². The monoisotopic (exact) mass is 479 g/mol. The summed E-state index contributed by atoms with van der Waals surface area (Å²) in [5.41, 5.74) is 4.45. The lowest BCUT2D eigenvalue weighted by molar-refractivity contribution is -0.141. The number of fused-ring (bicyclic) bond motifs is 1. The molecular formula is C18H24F3N5O3S2. The lowest BCUT2D eigenvalue weighted by Crippen LogP contribution is -2.24. The highest BCUT2D eigenvalue weighted by Crippen LogP contribution is 2.39. The number of carbonyl (C=O) groups excluding carboxylic acids is 1. The molecule has 31 heavy (non-hydrogen) atoms. The van der Waals surface area contributed by atoms with Gasteiger partial charge in [0, 0.05) is 11.3 Å². The number of urea groups is 1. The van der Waals surface area contributed by atoms with Crippen molar-refractivity contribution >= 4 is 34.0 Å². The number of pyridine rings is 1. The summed E-state index contributed by atoms with van der Waals surface area (Å²) < 4.78 is 50.3. The number of anilines is 1. The Bertz CT molecular complexity index is 987. The summed E-state index contributed by atoms with van der Waals surface area (Å²) in [6.45, 7) is 4.84. The molecule has 0 saturated heterocycles. The highest BCUT2D eigenvalue weighted by molar-refractivity contribution is 7.85. The highest BCUT2D eigenvalue weighted by atomic mass is 32.2. The summed E-state index contributed by atoms with van der Waals surface area (Å²) in [6.07, 6.45) is -1.13. The Hall–Kier alpha value is -2.09. The third kappa shape index (κ3) is 6.21. The van der Waals surface area contributed by atoms with Crippen molar-refractivity contribution in [3.05, 3.63) is 33.7 Å². The zero-order valence-electron chi connectivity index (χ0n) is 17.2. The van der Waals surface area contributed by atoms with E-state index in [0.717, 1.165) is 17.8 Å². The van der Waals surface area contributed by atoms with Crippen LogP contribution in [0.4, 0.5) is 23.7 Å². The van der Waals surface area contributed by atoms with E-state index in [1.807, 2.05) is 0 Å². The van der Waals surface area contributed by atoms with Gasteiger partial charge in [-0.3, -0.25) is 0 Å². The average Bonchev–Trinajstić information content (AvgIpc) is 3.30. The Kier molecular flexibility index (Phi) is 7.79. The number of carbonyl (C=O) groups is 1. The van der Waals surface area contributed by atoms with E-state index in [2.05, 4.69) is 15.3 Å². The van der Waals surface area contributed by atoms with E-state index in [-0.39, 0.29) is 17.7 Å². The second kappa shape index (κ2) is 9.59. The van der Waals surface area contributed by atoms with Crippen LogP contribution in [-0.2, 0) is 42.0 Å². The van der Waals surface area contributed by atoms with Crippen LogP contribution in [0.25, 0.3) is 0 Å². The predicted octanol–water partition coefficient (Wildman–Crippen LogP) is 2.99. The van der Waals surface area contributed by atoms with Crippen molar-refractivity contribution in [3.8, 4) is 0 Å². The number of hydrogen-bond acceptors (Lipinski definition) is 6. The van der Waals surface area contributed by atoms with Gasteiger partial charge in [0.05, 0.1) is 11.9 Å². The highest BCUT2D eigenvalue weighted by Gasteiger charge is 2.38. The second-order valence-corrected chi connectivity index (χ2v) is 9.60. The Morgan fingerprint density at radius 3 is 2.42 bits per heavy atom. The van der Waals surface area contributed by atoms with Gasteiger partial charge in [0.25, 0.3) is 0 Å². The van der Waals surface area contributed by atoms with Crippen molar-refractivity contribution in [1.29, 1.82) is 0 Å². The molecule has 0 spiro atoms. The molecule has 2 aromatic heterocycles. The summed E-state index contributed by atoms with van der Waals surface area (Å²) in [6, 6.07) is -0.858. The number of nitrogens with one attached hydrogen (secondary N) is 1. The normalized spacial score (nSPS) is 14.5. The minimum Gasteiger partial charge on any atom is -0.383 e. The molecule has 3 rings (SSSR count). The van der Waals surface area contributed by atoms with E-state index in [1.165, 1.54) is 6.20 Å². The number of alkyl halides is 3. The van der Waals surface area contributed by atoms with Crippen molar-refractivity contribution in [3.63, 3.8) is 0 Å². The van der Waals surface area contributed by atoms with Crippen LogP contribution < -0.4 is 16.2 Å². The fourth-order valence-corrected chi connectivity index (χ4v) is 4.48. The van der Waals surface area contributed by atoms with Crippen LogP contribution in [0.1, 0.15) is 54.7 Å². The quantitative estimate of drug-likeness (QED) is 0.533. The maximum absolute atomic E-state index is 13.0. The summed E-state index contributed by atoms with van der Waals surface area (Å²) in [4.78, 5) is 18.7. The maximum atomic E-state index is 13.0. The van der Waals surface area contributed by atoms with Gasteiger partial charge in [-0.25, -0.2) is 24.1 Å². The molecule has 13 heteroatoms. The third-order valence-corrected chi connectivity index (χ3v) is 6.75. The molecular weight excluding hydrogens is 455 g/mol. The fraction of sp³-hybridized carbons (Fsp3) is 0.500. The van der Waals surface area contributed by atoms with Crippen molar-refractivity contribution in [2.24, 2.45) is 10.9 Å². The van der Waals surface area contributed by atoms with Crippen molar-refractivity contribution in [1.82, 2.24) is 9.97 Å². The minimum absolute atomic E-state index is 0.00644. The van der Waals surface area contributed by atoms with E-state index in [4.69, 9.17) is 10.9 Å².